The molecule has 1 heterocycles. The topological polar surface area (TPSA) is 34.2 Å². The van der Waals surface area contributed by atoms with Gasteiger partial charge < -0.3 is 10.1 Å². The van der Waals surface area contributed by atoms with E-state index in [0.717, 1.165) is 31.7 Å². The number of hydrogen-bond donors (Lipinski definition) is 1. The lowest BCUT2D eigenvalue weighted by Gasteiger charge is -2.25. The van der Waals surface area contributed by atoms with Crippen LogP contribution >= 0.6 is 0 Å². The third kappa shape index (κ3) is 4.75. The molecule has 0 bridgehead atoms. The summed E-state index contributed by atoms with van der Waals surface area (Å²) in [6.45, 7) is 8.38. The number of pyridine rings is 1. The maximum absolute atomic E-state index is 5.19. The number of rotatable bonds is 8. The Hall–Kier alpha value is -0.930. The summed E-state index contributed by atoms with van der Waals surface area (Å²) < 4.78 is 5.19. The fourth-order valence-electron chi connectivity index (χ4n) is 2.18. The van der Waals surface area contributed by atoms with Gasteiger partial charge in [0.15, 0.2) is 0 Å². The monoisotopic (exact) mass is 250 g/mol. The van der Waals surface area contributed by atoms with Crippen LogP contribution in [0, 0.1) is 12.8 Å². The van der Waals surface area contributed by atoms with Crippen LogP contribution in [0.1, 0.15) is 44.0 Å². The summed E-state index contributed by atoms with van der Waals surface area (Å²) in [5.41, 5.74) is 2.41. The summed E-state index contributed by atoms with van der Waals surface area (Å²) in [5, 5.41) is 3.64. The zero-order valence-corrected chi connectivity index (χ0v) is 12.1. The number of aromatic nitrogens is 1. The first-order valence-corrected chi connectivity index (χ1v) is 6.84. The van der Waals surface area contributed by atoms with Crippen molar-refractivity contribution >= 4 is 0 Å². The lowest BCUT2D eigenvalue weighted by atomic mass is 9.92. The standard InChI is InChI=1S/C15H26N2O/c1-5-8-17-15(12(2)7-10-18-4)14-6-9-16-13(3)11-14/h6,9,11-12,15,17H,5,7-8,10H2,1-4H3. The molecule has 1 aromatic heterocycles. The number of hydrogen-bond acceptors (Lipinski definition) is 3. The highest BCUT2D eigenvalue weighted by Gasteiger charge is 2.18. The van der Waals surface area contributed by atoms with Crippen LogP contribution in [-0.2, 0) is 4.74 Å². The molecule has 1 rings (SSSR count). The van der Waals surface area contributed by atoms with E-state index in [1.165, 1.54) is 5.56 Å². The number of ether oxygens (including phenoxy) is 1. The van der Waals surface area contributed by atoms with E-state index in [2.05, 4.69) is 36.3 Å². The van der Waals surface area contributed by atoms with E-state index in [9.17, 15) is 0 Å². The minimum atomic E-state index is 0.391. The largest absolute Gasteiger partial charge is 0.385 e. The molecule has 0 aliphatic rings. The van der Waals surface area contributed by atoms with Crippen molar-refractivity contribution < 1.29 is 4.74 Å². The molecule has 0 saturated heterocycles. The molecule has 2 atom stereocenters. The van der Waals surface area contributed by atoms with Gasteiger partial charge in [-0.3, -0.25) is 4.98 Å². The number of nitrogens with zero attached hydrogens (tertiary/aromatic N) is 1. The summed E-state index contributed by atoms with van der Waals surface area (Å²) in [6.07, 6.45) is 4.12. The Balaban J connectivity index is 2.76. The number of aryl methyl sites for hydroxylation is 1. The van der Waals surface area contributed by atoms with E-state index in [1.54, 1.807) is 7.11 Å². The summed E-state index contributed by atoms with van der Waals surface area (Å²) in [4.78, 5) is 4.27. The fourth-order valence-corrected chi connectivity index (χ4v) is 2.18. The van der Waals surface area contributed by atoms with Crippen molar-refractivity contribution in [2.45, 2.75) is 39.7 Å². The average molecular weight is 250 g/mol. The van der Waals surface area contributed by atoms with Crippen molar-refractivity contribution in [2.24, 2.45) is 5.92 Å². The quantitative estimate of drug-likeness (QED) is 0.770. The molecule has 0 fully saturated rings. The highest BCUT2D eigenvalue weighted by Crippen LogP contribution is 2.24. The van der Waals surface area contributed by atoms with E-state index in [-0.39, 0.29) is 0 Å². The molecular formula is C15H26N2O. The van der Waals surface area contributed by atoms with Gasteiger partial charge in [0.2, 0.25) is 0 Å². The van der Waals surface area contributed by atoms with Crippen LogP contribution < -0.4 is 5.32 Å². The molecule has 18 heavy (non-hydrogen) atoms. The first kappa shape index (κ1) is 15.1. The molecule has 3 nitrogen and oxygen atoms in total. The van der Waals surface area contributed by atoms with Crippen molar-refractivity contribution in [2.75, 3.05) is 20.3 Å². The van der Waals surface area contributed by atoms with Crippen LogP contribution in [-0.4, -0.2) is 25.2 Å². The van der Waals surface area contributed by atoms with Gasteiger partial charge in [-0.1, -0.05) is 13.8 Å². The minimum Gasteiger partial charge on any atom is -0.385 e. The van der Waals surface area contributed by atoms with E-state index in [1.807, 2.05) is 13.1 Å². The lowest BCUT2D eigenvalue weighted by molar-refractivity contribution is 0.170. The fraction of sp³-hybridized carbons (Fsp3) is 0.667. The normalized spacial score (nSPS) is 14.4. The Bertz CT molecular complexity index is 341. The average Bonchev–Trinajstić information content (AvgIpc) is 2.37. The van der Waals surface area contributed by atoms with Crippen molar-refractivity contribution in [1.29, 1.82) is 0 Å². The van der Waals surface area contributed by atoms with Crippen LogP contribution in [0.25, 0.3) is 0 Å². The predicted molar refractivity (Wildman–Crippen MR) is 75.7 cm³/mol. The maximum Gasteiger partial charge on any atom is 0.0465 e. The molecule has 0 saturated carbocycles. The van der Waals surface area contributed by atoms with Gasteiger partial charge in [0.25, 0.3) is 0 Å². The zero-order chi connectivity index (χ0) is 13.4. The van der Waals surface area contributed by atoms with E-state index < -0.39 is 0 Å². The second-order valence-electron chi connectivity index (χ2n) is 4.92. The molecule has 102 valence electrons. The molecule has 0 spiro atoms. The molecule has 1 N–H and O–H groups in total. The Morgan fingerprint density at radius 3 is 2.83 bits per heavy atom. The van der Waals surface area contributed by atoms with Gasteiger partial charge in [-0.05, 0) is 49.9 Å². The van der Waals surface area contributed by atoms with Crippen molar-refractivity contribution in [3.63, 3.8) is 0 Å². The molecule has 2 unspecified atom stereocenters. The summed E-state index contributed by atoms with van der Waals surface area (Å²) in [5.74, 6) is 0.554. The van der Waals surface area contributed by atoms with Gasteiger partial charge in [-0.2, -0.15) is 0 Å². The van der Waals surface area contributed by atoms with Gasteiger partial charge in [0.1, 0.15) is 0 Å². The minimum absolute atomic E-state index is 0.391. The first-order valence-electron chi connectivity index (χ1n) is 6.84. The Kier molecular flexibility index (Phi) is 6.91. The highest BCUT2D eigenvalue weighted by molar-refractivity contribution is 5.20. The summed E-state index contributed by atoms with van der Waals surface area (Å²) in [6, 6.07) is 4.68. The second kappa shape index (κ2) is 8.22. The molecular weight excluding hydrogens is 224 g/mol. The summed E-state index contributed by atoms with van der Waals surface area (Å²) in [7, 11) is 1.76. The van der Waals surface area contributed by atoms with Crippen LogP contribution in [0.5, 0.6) is 0 Å². The van der Waals surface area contributed by atoms with Crippen molar-refractivity contribution in [3.8, 4) is 0 Å². The highest BCUT2D eigenvalue weighted by atomic mass is 16.5. The molecule has 0 aromatic carbocycles. The number of methoxy groups -OCH3 is 1. The molecule has 0 aliphatic carbocycles. The van der Waals surface area contributed by atoms with Crippen LogP contribution in [0.15, 0.2) is 18.3 Å². The van der Waals surface area contributed by atoms with E-state index in [0.29, 0.717) is 12.0 Å². The second-order valence-corrected chi connectivity index (χ2v) is 4.92. The SMILES string of the molecule is CCCNC(c1ccnc(C)c1)C(C)CCOC. The molecule has 0 radical (unpaired) electrons. The van der Waals surface area contributed by atoms with Crippen LogP contribution in [0.4, 0.5) is 0 Å². The first-order chi connectivity index (χ1) is 8.69. The van der Waals surface area contributed by atoms with E-state index in [4.69, 9.17) is 4.74 Å². The van der Waals surface area contributed by atoms with Gasteiger partial charge in [0, 0.05) is 31.6 Å². The molecule has 1 aromatic rings. The predicted octanol–water partition coefficient (Wildman–Crippen LogP) is 3.10. The number of nitrogens with one attached hydrogen (secondary N) is 1. The third-order valence-electron chi connectivity index (χ3n) is 3.24. The Labute approximate surface area is 111 Å². The van der Waals surface area contributed by atoms with Crippen molar-refractivity contribution in [3.05, 3.63) is 29.6 Å². The summed E-state index contributed by atoms with van der Waals surface area (Å²) >= 11 is 0. The molecule has 0 aliphatic heterocycles. The van der Waals surface area contributed by atoms with Gasteiger partial charge in [-0.15, -0.1) is 0 Å². The zero-order valence-electron chi connectivity index (χ0n) is 12.1. The molecule has 0 amide bonds. The van der Waals surface area contributed by atoms with Crippen LogP contribution in [0.3, 0.4) is 0 Å². The lowest BCUT2D eigenvalue weighted by Crippen LogP contribution is -2.28. The van der Waals surface area contributed by atoms with Gasteiger partial charge >= 0.3 is 0 Å². The van der Waals surface area contributed by atoms with Gasteiger partial charge in [-0.25, -0.2) is 0 Å². The molecule has 3 heteroatoms. The maximum atomic E-state index is 5.19. The Morgan fingerprint density at radius 2 is 2.22 bits per heavy atom. The third-order valence-corrected chi connectivity index (χ3v) is 3.24. The van der Waals surface area contributed by atoms with Gasteiger partial charge in [0.05, 0.1) is 0 Å². The van der Waals surface area contributed by atoms with Crippen LogP contribution in [0.2, 0.25) is 0 Å². The van der Waals surface area contributed by atoms with Crippen molar-refractivity contribution in [1.82, 2.24) is 10.3 Å². The Morgan fingerprint density at radius 1 is 1.44 bits per heavy atom. The smallest absolute Gasteiger partial charge is 0.0465 e. The van der Waals surface area contributed by atoms with E-state index >= 15 is 0 Å².